The van der Waals surface area contributed by atoms with Crippen LogP contribution in [0.5, 0.6) is 17.2 Å². The third-order valence-corrected chi connectivity index (χ3v) is 7.92. The van der Waals surface area contributed by atoms with Gasteiger partial charge in [0.05, 0.1) is 39.6 Å². The van der Waals surface area contributed by atoms with Crippen LogP contribution in [0.2, 0.25) is 0 Å². The van der Waals surface area contributed by atoms with E-state index in [4.69, 9.17) is 14.2 Å². The number of anilines is 1. The highest BCUT2D eigenvalue weighted by molar-refractivity contribution is 5.86. The summed E-state index contributed by atoms with van der Waals surface area (Å²) in [6.07, 6.45) is 5.41. The maximum atomic E-state index is 13.8. The van der Waals surface area contributed by atoms with Gasteiger partial charge in [0.15, 0.2) is 11.5 Å². The van der Waals surface area contributed by atoms with Gasteiger partial charge in [-0.2, -0.15) is 5.10 Å². The van der Waals surface area contributed by atoms with Crippen molar-refractivity contribution in [3.8, 4) is 28.4 Å². The monoisotopic (exact) mass is 591 g/mol. The zero-order chi connectivity index (χ0) is 31.1. The molecule has 1 aromatic heterocycles. The number of hydrogen-bond donors (Lipinski definition) is 3. The predicted molar refractivity (Wildman–Crippen MR) is 165 cm³/mol. The Bertz CT molecular complexity index is 1510. The molecule has 4 rings (SSSR count). The smallest absolute Gasteiger partial charge is 0.242 e. The standard InChI is InChI=1S/C32H41N5O6/c1-7-19(2)29(32(40)33-14-16-37-15-8-13-34-37)36-25-12-10-22-23(18-26(25)39)24(35-20(3)38)11-9-21-17-27(41-4)30(42-5)31(43-6)28(21)22/h8,10,12-13,15,17-19,24,29H,7,9,11,14,16H2,1-6H3,(H,33,40)(H,35,38)(H,36,39)/t19-,24+,29+/m1/s1. The number of aromatic nitrogens is 2. The predicted octanol–water partition coefficient (Wildman–Crippen LogP) is 3.70. The minimum Gasteiger partial charge on any atom is -0.493 e. The van der Waals surface area contributed by atoms with Gasteiger partial charge in [0.2, 0.25) is 23.0 Å². The van der Waals surface area contributed by atoms with E-state index in [1.54, 1.807) is 44.3 Å². The summed E-state index contributed by atoms with van der Waals surface area (Å²) in [5.41, 5.74) is 3.06. The Morgan fingerprint density at radius 3 is 2.51 bits per heavy atom. The second kappa shape index (κ2) is 14.1. The Kier molecular flexibility index (Phi) is 10.3. The molecule has 11 heteroatoms. The summed E-state index contributed by atoms with van der Waals surface area (Å²) in [7, 11) is 4.67. The number of hydrogen-bond acceptors (Lipinski definition) is 8. The second-order valence-electron chi connectivity index (χ2n) is 10.7. The van der Waals surface area contributed by atoms with E-state index in [1.807, 2.05) is 38.2 Å². The first kappa shape index (κ1) is 31.4. The van der Waals surface area contributed by atoms with Gasteiger partial charge in [-0.15, -0.1) is 0 Å². The van der Waals surface area contributed by atoms with Crippen molar-refractivity contribution in [3.63, 3.8) is 0 Å². The molecule has 0 aliphatic heterocycles. The van der Waals surface area contributed by atoms with Crippen LogP contribution < -0.4 is 35.6 Å². The SMILES string of the molecule is CC[C@@H](C)[C@H](Nc1ccc2c(cc1=O)[C@@H](NC(C)=O)CCc1cc(OC)c(OC)c(OC)c1-2)C(=O)NCCn1cccn1. The fourth-order valence-electron chi connectivity index (χ4n) is 5.53. The van der Waals surface area contributed by atoms with Gasteiger partial charge in [0.25, 0.3) is 0 Å². The number of amides is 2. The largest absolute Gasteiger partial charge is 0.493 e. The summed E-state index contributed by atoms with van der Waals surface area (Å²) in [5.74, 6) is 0.975. The van der Waals surface area contributed by atoms with Crippen molar-refractivity contribution in [3.05, 3.63) is 64.1 Å². The summed E-state index contributed by atoms with van der Waals surface area (Å²) < 4.78 is 18.9. The van der Waals surface area contributed by atoms with Crippen LogP contribution in [-0.4, -0.2) is 55.5 Å². The molecule has 0 radical (unpaired) electrons. The van der Waals surface area contributed by atoms with Crippen molar-refractivity contribution in [2.24, 2.45) is 5.92 Å². The van der Waals surface area contributed by atoms with Crippen molar-refractivity contribution >= 4 is 17.5 Å². The van der Waals surface area contributed by atoms with Gasteiger partial charge in [-0.05, 0) is 59.7 Å². The summed E-state index contributed by atoms with van der Waals surface area (Å²) >= 11 is 0. The van der Waals surface area contributed by atoms with E-state index < -0.39 is 12.1 Å². The number of methoxy groups -OCH3 is 3. The van der Waals surface area contributed by atoms with Crippen LogP contribution >= 0.6 is 0 Å². The Morgan fingerprint density at radius 1 is 1.12 bits per heavy atom. The maximum absolute atomic E-state index is 13.8. The highest BCUT2D eigenvalue weighted by atomic mass is 16.5. The van der Waals surface area contributed by atoms with Crippen LogP contribution in [0.15, 0.2) is 47.5 Å². The molecule has 1 heterocycles. The topological polar surface area (TPSA) is 133 Å². The molecule has 43 heavy (non-hydrogen) atoms. The molecule has 0 fully saturated rings. The van der Waals surface area contributed by atoms with Crippen molar-refractivity contribution in [1.82, 2.24) is 20.4 Å². The van der Waals surface area contributed by atoms with Crippen molar-refractivity contribution in [2.45, 2.75) is 58.7 Å². The van der Waals surface area contributed by atoms with E-state index in [-0.39, 0.29) is 28.8 Å². The van der Waals surface area contributed by atoms with Gasteiger partial charge in [-0.3, -0.25) is 19.1 Å². The number of fused-ring (bicyclic) bond motifs is 3. The van der Waals surface area contributed by atoms with E-state index in [1.165, 1.54) is 6.92 Å². The average Bonchev–Trinajstić information content (AvgIpc) is 3.41. The first-order valence-electron chi connectivity index (χ1n) is 14.5. The Labute approximate surface area is 251 Å². The molecule has 3 aromatic rings. The lowest BCUT2D eigenvalue weighted by Crippen LogP contribution is -2.45. The minimum absolute atomic E-state index is 0.0582. The van der Waals surface area contributed by atoms with Gasteiger partial charge in [-0.25, -0.2) is 0 Å². The van der Waals surface area contributed by atoms with E-state index in [0.717, 1.165) is 23.1 Å². The molecule has 2 aromatic carbocycles. The Morgan fingerprint density at radius 2 is 1.88 bits per heavy atom. The lowest BCUT2D eigenvalue weighted by molar-refractivity contribution is -0.123. The number of ether oxygens (including phenoxy) is 3. The van der Waals surface area contributed by atoms with E-state index in [0.29, 0.717) is 48.7 Å². The van der Waals surface area contributed by atoms with Gasteiger partial charge >= 0.3 is 0 Å². The lowest BCUT2D eigenvalue weighted by atomic mass is 9.95. The number of rotatable bonds is 12. The maximum Gasteiger partial charge on any atom is 0.242 e. The fraction of sp³-hybridized carbons (Fsp3) is 0.438. The number of carbonyl (C=O) groups excluding carboxylic acids is 2. The molecular weight excluding hydrogens is 550 g/mol. The van der Waals surface area contributed by atoms with Gasteiger partial charge in [0, 0.05) is 31.4 Å². The molecule has 0 unspecified atom stereocenters. The van der Waals surface area contributed by atoms with Crippen LogP contribution in [0.25, 0.3) is 11.1 Å². The number of nitrogens with one attached hydrogen (secondary N) is 3. The Balaban J connectivity index is 1.79. The molecule has 0 bridgehead atoms. The zero-order valence-corrected chi connectivity index (χ0v) is 25.7. The van der Waals surface area contributed by atoms with Crippen LogP contribution in [0.4, 0.5) is 5.69 Å². The fourth-order valence-corrected chi connectivity index (χ4v) is 5.53. The molecule has 230 valence electrons. The number of benzene rings is 1. The molecular formula is C32H41N5O6. The highest BCUT2D eigenvalue weighted by Gasteiger charge is 2.30. The third kappa shape index (κ3) is 6.93. The van der Waals surface area contributed by atoms with Crippen molar-refractivity contribution in [1.29, 1.82) is 0 Å². The normalized spacial score (nSPS) is 15.2. The molecule has 1 aliphatic carbocycles. The van der Waals surface area contributed by atoms with Gasteiger partial charge < -0.3 is 30.2 Å². The van der Waals surface area contributed by atoms with E-state index >= 15 is 0 Å². The molecule has 1 aliphatic rings. The Hall–Kier alpha value is -4.54. The van der Waals surface area contributed by atoms with Crippen LogP contribution in [0.3, 0.4) is 0 Å². The molecule has 0 saturated carbocycles. The third-order valence-electron chi connectivity index (χ3n) is 7.92. The quantitative estimate of drug-likeness (QED) is 0.291. The molecule has 11 nitrogen and oxygen atoms in total. The lowest BCUT2D eigenvalue weighted by Gasteiger charge is -2.24. The van der Waals surface area contributed by atoms with E-state index in [9.17, 15) is 14.4 Å². The highest BCUT2D eigenvalue weighted by Crippen LogP contribution is 2.50. The molecule has 0 saturated heterocycles. The van der Waals surface area contributed by atoms with Crippen LogP contribution in [0.1, 0.15) is 50.8 Å². The number of carbonyl (C=O) groups is 2. The summed E-state index contributed by atoms with van der Waals surface area (Å²) in [6, 6.07) is 7.76. The molecule has 3 atom stereocenters. The number of nitrogens with zero attached hydrogens (tertiary/aromatic N) is 2. The first-order valence-corrected chi connectivity index (χ1v) is 14.5. The first-order chi connectivity index (χ1) is 20.7. The number of aryl methyl sites for hydroxylation is 1. The van der Waals surface area contributed by atoms with Crippen molar-refractivity contribution < 1.29 is 23.8 Å². The zero-order valence-electron chi connectivity index (χ0n) is 25.7. The summed E-state index contributed by atoms with van der Waals surface area (Å²) in [6.45, 7) is 6.37. The summed E-state index contributed by atoms with van der Waals surface area (Å²) in [5, 5.41) is 13.4. The van der Waals surface area contributed by atoms with Gasteiger partial charge in [0.1, 0.15) is 6.04 Å². The van der Waals surface area contributed by atoms with Crippen LogP contribution in [0, 0.1) is 5.92 Å². The second-order valence-corrected chi connectivity index (χ2v) is 10.7. The molecule has 0 spiro atoms. The van der Waals surface area contributed by atoms with Crippen molar-refractivity contribution in [2.75, 3.05) is 33.2 Å². The van der Waals surface area contributed by atoms with E-state index in [2.05, 4.69) is 21.0 Å². The molecule has 3 N–H and O–H groups in total. The summed E-state index contributed by atoms with van der Waals surface area (Å²) in [4.78, 5) is 39.3. The van der Waals surface area contributed by atoms with Gasteiger partial charge in [-0.1, -0.05) is 26.3 Å². The van der Waals surface area contributed by atoms with Crippen LogP contribution in [-0.2, 0) is 22.6 Å². The average molecular weight is 592 g/mol. The molecule has 2 amide bonds. The minimum atomic E-state index is -0.644.